The molecule has 1 aromatic heterocycles. The molecular weight excluding hydrogens is 237 g/mol. The number of carbonyl (C=O) groups is 1. The van der Waals surface area contributed by atoms with Crippen LogP contribution < -0.4 is 5.32 Å². The van der Waals surface area contributed by atoms with Gasteiger partial charge in [-0.1, -0.05) is 18.2 Å². The molecule has 94 valence electrons. The number of hydrogen-bond acceptors (Lipinski definition) is 3. The van der Waals surface area contributed by atoms with Crippen molar-refractivity contribution in [3.63, 3.8) is 0 Å². The fourth-order valence-corrected chi connectivity index (χ4v) is 1.62. The number of furan rings is 1. The van der Waals surface area contributed by atoms with E-state index >= 15 is 0 Å². The summed E-state index contributed by atoms with van der Waals surface area (Å²) in [7, 11) is 0. The number of carboxylic acids is 1. The summed E-state index contributed by atoms with van der Waals surface area (Å²) < 4.78 is 18.4. The molecule has 0 atom stereocenters. The third-order valence-electron chi connectivity index (χ3n) is 2.53. The largest absolute Gasteiger partial charge is 0.478 e. The maximum absolute atomic E-state index is 13.3. The number of carboxylic acid groups (broad SMARTS) is 1. The van der Waals surface area contributed by atoms with Gasteiger partial charge in [0.05, 0.1) is 12.8 Å². The van der Waals surface area contributed by atoms with E-state index in [1.54, 1.807) is 18.2 Å². The molecule has 0 saturated heterocycles. The number of nitrogens with one attached hydrogen (secondary N) is 1. The smallest absolute Gasteiger partial charge is 0.339 e. The van der Waals surface area contributed by atoms with Crippen LogP contribution in [0.2, 0.25) is 0 Å². The lowest BCUT2D eigenvalue weighted by Gasteiger charge is -2.04. The van der Waals surface area contributed by atoms with Crippen LogP contribution >= 0.6 is 0 Å². The third kappa shape index (κ3) is 2.75. The highest BCUT2D eigenvalue weighted by molar-refractivity contribution is 5.88. The molecule has 5 heteroatoms. The van der Waals surface area contributed by atoms with Gasteiger partial charge in [-0.15, -0.1) is 0 Å². The highest BCUT2D eigenvalue weighted by Gasteiger charge is 2.12. The molecule has 1 heterocycles. The molecule has 0 aliphatic rings. The van der Waals surface area contributed by atoms with Gasteiger partial charge in [-0.05, 0) is 12.1 Å². The van der Waals surface area contributed by atoms with E-state index in [4.69, 9.17) is 9.52 Å². The summed E-state index contributed by atoms with van der Waals surface area (Å²) in [5.74, 6) is -0.992. The van der Waals surface area contributed by atoms with E-state index in [0.717, 1.165) is 0 Å². The van der Waals surface area contributed by atoms with Crippen LogP contribution in [0.5, 0.6) is 0 Å². The first-order valence-corrected chi connectivity index (χ1v) is 5.42. The van der Waals surface area contributed by atoms with Gasteiger partial charge >= 0.3 is 5.97 Å². The van der Waals surface area contributed by atoms with Crippen LogP contribution in [0.4, 0.5) is 4.39 Å². The number of rotatable bonds is 5. The molecule has 0 fully saturated rings. The highest BCUT2D eigenvalue weighted by atomic mass is 19.1. The van der Waals surface area contributed by atoms with Crippen molar-refractivity contribution in [1.29, 1.82) is 0 Å². The lowest BCUT2D eigenvalue weighted by Crippen LogP contribution is -2.15. The minimum absolute atomic E-state index is 0.121. The lowest BCUT2D eigenvalue weighted by molar-refractivity contribution is 0.0694. The Morgan fingerprint density at radius 2 is 2.06 bits per heavy atom. The van der Waals surface area contributed by atoms with Gasteiger partial charge in [0.1, 0.15) is 17.1 Å². The second-order valence-corrected chi connectivity index (χ2v) is 3.76. The monoisotopic (exact) mass is 249 g/mol. The van der Waals surface area contributed by atoms with Crippen LogP contribution in [0.15, 0.2) is 41.0 Å². The van der Waals surface area contributed by atoms with E-state index in [-0.39, 0.29) is 17.9 Å². The van der Waals surface area contributed by atoms with Crippen LogP contribution in [0.25, 0.3) is 0 Å². The van der Waals surface area contributed by atoms with Crippen molar-refractivity contribution in [2.45, 2.75) is 13.1 Å². The predicted octanol–water partition coefficient (Wildman–Crippen LogP) is 2.41. The predicted molar refractivity (Wildman–Crippen MR) is 62.6 cm³/mol. The Kier molecular flexibility index (Phi) is 3.74. The molecule has 0 aliphatic heterocycles. The van der Waals surface area contributed by atoms with Crippen molar-refractivity contribution < 1.29 is 18.7 Å². The number of aromatic carboxylic acids is 1. The zero-order chi connectivity index (χ0) is 13.0. The first kappa shape index (κ1) is 12.3. The molecule has 0 unspecified atom stereocenters. The molecule has 0 radical (unpaired) electrons. The van der Waals surface area contributed by atoms with Crippen molar-refractivity contribution in [2.24, 2.45) is 0 Å². The summed E-state index contributed by atoms with van der Waals surface area (Å²) >= 11 is 0. The molecule has 0 saturated carbocycles. The molecule has 1 aromatic carbocycles. The first-order chi connectivity index (χ1) is 8.68. The number of benzene rings is 1. The summed E-state index contributed by atoms with van der Waals surface area (Å²) in [5.41, 5.74) is 0.650. The van der Waals surface area contributed by atoms with Crippen molar-refractivity contribution >= 4 is 5.97 Å². The molecule has 4 nitrogen and oxygen atoms in total. The zero-order valence-corrected chi connectivity index (χ0v) is 9.52. The van der Waals surface area contributed by atoms with E-state index in [1.165, 1.54) is 18.4 Å². The molecule has 18 heavy (non-hydrogen) atoms. The van der Waals surface area contributed by atoms with Crippen molar-refractivity contribution in [3.8, 4) is 0 Å². The van der Waals surface area contributed by atoms with Gasteiger partial charge in [0.15, 0.2) is 0 Å². The summed E-state index contributed by atoms with van der Waals surface area (Å²) in [4.78, 5) is 10.8. The van der Waals surface area contributed by atoms with Crippen LogP contribution in [0, 0.1) is 5.82 Å². The van der Waals surface area contributed by atoms with Crippen LogP contribution in [-0.4, -0.2) is 11.1 Å². The van der Waals surface area contributed by atoms with Crippen LogP contribution in [-0.2, 0) is 13.1 Å². The van der Waals surface area contributed by atoms with Crippen molar-refractivity contribution in [1.82, 2.24) is 5.32 Å². The zero-order valence-electron chi connectivity index (χ0n) is 9.52. The van der Waals surface area contributed by atoms with Gasteiger partial charge in [-0.25, -0.2) is 9.18 Å². The molecule has 0 aliphatic carbocycles. The fraction of sp³-hybridized carbons (Fsp3) is 0.154. The normalized spacial score (nSPS) is 10.5. The topological polar surface area (TPSA) is 62.5 Å². The minimum Gasteiger partial charge on any atom is -0.478 e. The second-order valence-electron chi connectivity index (χ2n) is 3.76. The molecule has 0 bridgehead atoms. The molecule has 2 aromatic rings. The van der Waals surface area contributed by atoms with E-state index in [2.05, 4.69) is 5.32 Å². The second kappa shape index (κ2) is 5.46. The lowest BCUT2D eigenvalue weighted by atomic mass is 10.2. The Hall–Kier alpha value is -2.14. The Bertz CT molecular complexity index is 551. The SMILES string of the molecule is O=C(O)c1ccoc1CNCc1ccccc1F. The summed E-state index contributed by atoms with van der Waals surface area (Å²) in [6.45, 7) is 0.551. The number of hydrogen-bond donors (Lipinski definition) is 2. The number of halogens is 1. The maximum atomic E-state index is 13.3. The van der Waals surface area contributed by atoms with Gasteiger partial charge in [-0.3, -0.25) is 0 Å². The Balaban J connectivity index is 1.95. The average Bonchev–Trinajstić information content (AvgIpc) is 2.80. The van der Waals surface area contributed by atoms with E-state index in [1.807, 2.05) is 0 Å². The summed E-state index contributed by atoms with van der Waals surface area (Å²) in [6, 6.07) is 7.81. The van der Waals surface area contributed by atoms with Crippen molar-refractivity contribution in [2.75, 3.05) is 0 Å². The van der Waals surface area contributed by atoms with Crippen molar-refractivity contribution in [3.05, 3.63) is 59.3 Å². The molecule has 2 N–H and O–H groups in total. The first-order valence-electron chi connectivity index (χ1n) is 5.42. The Morgan fingerprint density at radius 3 is 2.78 bits per heavy atom. The van der Waals surface area contributed by atoms with Gasteiger partial charge in [-0.2, -0.15) is 0 Å². The molecular formula is C13H12FNO3. The quantitative estimate of drug-likeness (QED) is 0.854. The summed E-state index contributed by atoms with van der Waals surface area (Å²) in [6.07, 6.45) is 1.32. The minimum atomic E-state index is -1.04. The van der Waals surface area contributed by atoms with Gasteiger partial charge in [0, 0.05) is 12.1 Å². The average molecular weight is 249 g/mol. The van der Waals surface area contributed by atoms with Gasteiger partial charge in [0.25, 0.3) is 0 Å². The van der Waals surface area contributed by atoms with Gasteiger partial charge < -0.3 is 14.8 Å². The standard InChI is InChI=1S/C13H12FNO3/c14-11-4-2-1-3-9(11)7-15-8-12-10(13(16)17)5-6-18-12/h1-6,15H,7-8H2,(H,16,17). The van der Waals surface area contributed by atoms with E-state index in [9.17, 15) is 9.18 Å². The van der Waals surface area contributed by atoms with E-state index < -0.39 is 5.97 Å². The highest BCUT2D eigenvalue weighted by Crippen LogP contribution is 2.11. The molecule has 0 spiro atoms. The third-order valence-corrected chi connectivity index (χ3v) is 2.53. The van der Waals surface area contributed by atoms with Crippen LogP contribution in [0.1, 0.15) is 21.7 Å². The van der Waals surface area contributed by atoms with Gasteiger partial charge in [0.2, 0.25) is 0 Å². The fourth-order valence-electron chi connectivity index (χ4n) is 1.62. The molecule has 2 rings (SSSR count). The maximum Gasteiger partial charge on any atom is 0.339 e. The Morgan fingerprint density at radius 1 is 1.28 bits per heavy atom. The molecule has 0 amide bonds. The van der Waals surface area contributed by atoms with E-state index in [0.29, 0.717) is 17.9 Å². The Labute approximate surface area is 103 Å². The van der Waals surface area contributed by atoms with Crippen LogP contribution in [0.3, 0.4) is 0 Å². The summed E-state index contributed by atoms with van der Waals surface area (Å²) in [5, 5.41) is 11.8.